The first-order valence-corrected chi connectivity index (χ1v) is 12.1. The van der Waals surface area contributed by atoms with Crippen molar-refractivity contribution in [3.8, 4) is 11.1 Å². The Morgan fingerprint density at radius 3 is 1.48 bits per heavy atom. The molecule has 0 bridgehead atoms. The smallest absolute Gasteiger partial charge is 0.00135 e. The maximum atomic E-state index is 3.75. The van der Waals surface area contributed by atoms with E-state index >= 15 is 0 Å². The predicted molar refractivity (Wildman–Crippen MR) is 131 cm³/mol. The van der Waals surface area contributed by atoms with Crippen LogP contribution in [-0.4, -0.2) is 0 Å². The average molecular weight is 391 g/mol. The zero-order chi connectivity index (χ0) is 20.6. The third-order valence-corrected chi connectivity index (χ3v) is 5.97. The van der Waals surface area contributed by atoms with Crippen molar-refractivity contribution in [3.05, 3.63) is 72.3 Å². The number of allylic oxidation sites excluding steroid dienone is 1. The van der Waals surface area contributed by atoms with E-state index in [1.54, 1.807) is 0 Å². The van der Waals surface area contributed by atoms with Crippen molar-refractivity contribution in [2.75, 3.05) is 0 Å². The highest BCUT2D eigenvalue weighted by molar-refractivity contribution is 5.76. The van der Waals surface area contributed by atoms with E-state index < -0.39 is 0 Å². The summed E-state index contributed by atoms with van der Waals surface area (Å²) in [6, 6.07) is 17.3. The number of unbranched alkanes of at least 4 members (excludes halogenated alkanes) is 12. The van der Waals surface area contributed by atoms with E-state index in [2.05, 4.69) is 62.0 Å². The van der Waals surface area contributed by atoms with Gasteiger partial charge in [0.2, 0.25) is 0 Å². The zero-order valence-corrected chi connectivity index (χ0v) is 18.8. The van der Waals surface area contributed by atoms with Gasteiger partial charge in [-0.3, -0.25) is 0 Å². The average Bonchev–Trinajstić information content (AvgIpc) is 3.14. The van der Waals surface area contributed by atoms with Gasteiger partial charge in [0.1, 0.15) is 0 Å². The lowest BCUT2D eigenvalue weighted by Crippen LogP contribution is -1.82. The van der Waals surface area contributed by atoms with Crippen molar-refractivity contribution >= 4 is 0 Å². The van der Waals surface area contributed by atoms with E-state index in [1.165, 1.54) is 106 Å². The van der Waals surface area contributed by atoms with Crippen molar-refractivity contribution in [2.45, 2.75) is 96.8 Å². The predicted octanol–water partition coefficient (Wildman–Crippen LogP) is 9.52. The molecule has 0 amide bonds. The summed E-state index contributed by atoms with van der Waals surface area (Å²) in [6.07, 6.45) is 21.6. The third kappa shape index (κ3) is 9.03. The Morgan fingerprint density at radius 2 is 1.03 bits per heavy atom. The van der Waals surface area contributed by atoms with Crippen molar-refractivity contribution in [3.63, 3.8) is 0 Å². The van der Waals surface area contributed by atoms with Gasteiger partial charge in [0, 0.05) is 0 Å². The van der Waals surface area contributed by atoms with Crippen LogP contribution in [-0.2, 0) is 6.42 Å². The van der Waals surface area contributed by atoms with Gasteiger partial charge in [-0.25, -0.2) is 0 Å². The molecule has 0 heterocycles. The fourth-order valence-electron chi connectivity index (χ4n) is 4.21. The van der Waals surface area contributed by atoms with Crippen LogP contribution in [0.25, 0.3) is 11.1 Å². The minimum absolute atomic E-state index is 1.10. The van der Waals surface area contributed by atoms with Gasteiger partial charge in [-0.2, -0.15) is 0 Å². The van der Waals surface area contributed by atoms with Crippen molar-refractivity contribution in [2.24, 2.45) is 0 Å². The summed E-state index contributed by atoms with van der Waals surface area (Å²) >= 11 is 0. The highest BCUT2D eigenvalue weighted by atomic mass is 14.2. The summed E-state index contributed by atoms with van der Waals surface area (Å²) < 4.78 is 0. The van der Waals surface area contributed by atoms with Gasteiger partial charge in [-0.15, -0.1) is 6.58 Å². The van der Waals surface area contributed by atoms with Gasteiger partial charge in [0.05, 0.1) is 0 Å². The number of rotatable bonds is 13. The molecule has 0 N–H and O–H groups in total. The first kappa shape index (κ1) is 23.5. The summed E-state index contributed by atoms with van der Waals surface area (Å²) in [6.45, 7) is 6.03. The molecule has 158 valence electrons. The number of fused-ring (bicyclic) bond motifs is 3. The van der Waals surface area contributed by atoms with Gasteiger partial charge in [0.15, 0.2) is 0 Å². The SMILES string of the molecule is C=CCCCCCCCCCCCCCC.c1ccc2c(c1)Cc1ccccc1-2. The van der Waals surface area contributed by atoms with E-state index in [0.29, 0.717) is 0 Å². The molecule has 0 aliphatic heterocycles. The molecule has 0 unspecified atom stereocenters. The zero-order valence-electron chi connectivity index (χ0n) is 18.8. The molecule has 0 radical (unpaired) electrons. The molecule has 0 saturated carbocycles. The van der Waals surface area contributed by atoms with Gasteiger partial charge in [0.25, 0.3) is 0 Å². The molecule has 2 aromatic carbocycles. The number of hydrogen-bond acceptors (Lipinski definition) is 0. The Balaban J connectivity index is 0.000000209. The summed E-state index contributed by atoms with van der Waals surface area (Å²) in [5.41, 5.74) is 5.75. The van der Waals surface area contributed by atoms with Crippen LogP contribution in [0.5, 0.6) is 0 Å². The second-order valence-electron chi connectivity index (χ2n) is 8.46. The Kier molecular flexibility index (Phi) is 12.2. The quantitative estimate of drug-likeness (QED) is 0.201. The maximum absolute atomic E-state index is 3.75. The third-order valence-electron chi connectivity index (χ3n) is 5.97. The summed E-state index contributed by atoms with van der Waals surface area (Å²) in [5.74, 6) is 0. The second kappa shape index (κ2) is 15.1. The van der Waals surface area contributed by atoms with Gasteiger partial charge >= 0.3 is 0 Å². The summed E-state index contributed by atoms with van der Waals surface area (Å²) in [4.78, 5) is 0. The lowest BCUT2D eigenvalue weighted by atomic mass is 10.0. The highest BCUT2D eigenvalue weighted by Crippen LogP contribution is 2.35. The van der Waals surface area contributed by atoms with Gasteiger partial charge < -0.3 is 0 Å². The van der Waals surface area contributed by atoms with E-state index in [-0.39, 0.29) is 0 Å². The lowest BCUT2D eigenvalue weighted by molar-refractivity contribution is 0.545. The Morgan fingerprint density at radius 1 is 0.621 bits per heavy atom. The Hall–Kier alpha value is -1.82. The van der Waals surface area contributed by atoms with Gasteiger partial charge in [-0.05, 0) is 41.5 Å². The highest BCUT2D eigenvalue weighted by Gasteiger charge is 2.15. The van der Waals surface area contributed by atoms with Crippen LogP contribution in [0.4, 0.5) is 0 Å². The number of hydrogen-bond donors (Lipinski definition) is 0. The Bertz CT molecular complexity index is 638. The van der Waals surface area contributed by atoms with Gasteiger partial charge in [-0.1, -0.05) is 132 Å². The maximum Gasteiger partial charge on any atom is -0.00135 e. The largest absolute Gasteiger partial charge is 0.103 e. The molecule has 1 aliphatic carbocycles. The molecule has 29 heavy (non-hydrogen) atoms. The number of benzene rings is 2. The first-order valence-electron chi connectivity index (χ1n) is 12.1. The van der Waals surface area contributed by atoms with Crippen LogP contribution in [0.15, 0.2) is 61.2 Å². The monoisotopic (exact) mass is 390 g/mol. The van der Waals surface area contributed by atoms with E-state index in [4.69, 9.17) is 0 Å². The van der Waals surface area contributed by atoms with Crippen molar-refractivity contribution in [1.82, 2.24) is 0 Å². The molecule has 0 heteroatoms. The standard InChI is InChI=1S/C16H32.C13H10/c1-3-5-7-9-11-13-15-16-14-12-10-8-6-4-2;1-3-7-12-10(5-1)9-11-6-2-4-8-13(11)12/h3H,1,4-16H2,2H3;1-8H,9H2. The topological polar surface area (TPSA) is 0 Å². The molecule has 1 aliphatic rings. The fraction of sp³-hybridized carbons (Fsp3) is 0.517. The Labute approximate surface area is 180 Å². The van der Waals surface area contributed by atoms with E-state index in [0.717, 1.165) is 6.42 Å². The van der Waals surface area contributed by atoms with Crippen molar-refractivity contribution < 1.29 is 0 Å². The van der Waals surface area contributed by atoms with Crippen LogP contribution >= 0.6 is 0 Å². The molecule has 3 rings (SSSR count). The minimum Gasteiger partial charge on any atom is -0.103 e. The molecular weight excluding hydrogens is 348 g/mol. The molecule has 0 nitrogen and oxygen atoms in total. The van der Waals surface area contributed by atoms with Crippen LogP contribution in [0.3, 0.4) is 0 Å². The minimum atomic E-state index is 1.10. The molecule has 0 fully saturated rings. The molecule has 0 aromatic heterocycles. The molecular formula is C29H42. The summed E-state index contributed by atoms with van der Waals surface area (Å²) in [7, 11) is 0. The van der Waals surface area contributed by atoms with Crippen LogP contribution in [0.1, 0.15) is 102 Å². The molecule has 0 spiro atoms. The normalized spacial score (nSPS) is 11.3. The fourth-order valence-corrected chi connectivity index (χ4v) is 4.21. The van der Waals surface area contributed by atoms with Crippen molar-refractivity contribution in [1.29, 1.82) is 0 Å². The summed E-state index contributed by atoms with van der Waals surface area (Å²) in [5, 5.41) is 0. The van der Waals surface area contributed by atoms with Crippen LogP contribution in [0.2, 0.25) is 0 Å². The molecule has 2 aromatic rings. The molecule has 0 atom stereocenters. The van der Waals surface area contributed by atoms with Crippen LogP contribution < -0.4 is 0 Å². The van der Waals surface area contributed by atoms with Crippen LogP contribution in [0, 0.1) is 0 Å². The van der Waals surface area contributed by atoms with E-state index in [1.807, 2.05) is 6.08 Å². The molecule has 0 saturated heterocycles. The lowest BCUT2D eigenvalue weighted by Gasteiger charge is -2.02. The first-order chi connectivity index (χ1) is 14.4. The van der Waals surface area contributed by atoms with E-state index in [9.17, 15) is 0 Å². The second-order valence-corrected chi connectivity index (χ2v) is 8.46.